The Morgan fingerprint density at radius 1 is 1.10 bits per heavy atom. The zero-order valence-electron chi connectivity index (χ0n) is 16.4. The summed E-state index contributed by atoms with van der Waals surface area (Å²) in [7, 11) is -3.52. The summed E-state index contributed by atoms with van der Waals surface area (Å²) in [5.74, 6) is -0.272. The van der Waals surface area contributed by atoms with E-state index in [4.69, 9.17) is 4.74 Å². The molecular formula is C20H23N3O5S. The number of nitrogens with zero attached hydrogens (tertiary/aromatic N) is 1. The summed E-state index contributed by atoms with van der Waals surface area (Å²) in [5, 5.41) is 5.42. The van der Waals surface area contributed by atoms with E-state index in [0.717, 1.165) is 11.8 Å². The van der Waals surface area contributed by atoms with Crippen LogP contribution in [0.1, 0.15) is 18.9 Å². The lowest BCUT2D eigenvalue weighted by atomic mass is 10.2. The van der Waals surface area contributed by atoms with Crippen molar-refractivity contribution in [2.24, 2.45) is 0 Å². The predicted molar refractivity (Wildman–Crippen MR) is 112 cm³/mol. The number of rotatable bonds is 4. The molecule has 2 amide bonds. The molecule has 1 atom stereocenters. The van der Waals surface area contributed by atoms with Crippen molar-refractivity contribution in [3.63, 3.8) is 0 Å². The lowest BCUT2D eigenvalue weighted by Crippen LogP contribution is -2.36. The van der Waals surface area contributed by atoms with Crippen molar-refractivity contribution in [2.75, 3.05) is 27.7 Å². The summed E-state index contributed by atoms with van der Waals surface area (Å²) < 4.78 is 31.6. The first kappa shape index (κ1) is 20.7. The Labute approximate surface area is 169 Å². The number of hydrogen-bond donors (Lipinski definition) is 2. The molecule has 0 aromatic heterocycles. The lowest BCUT2D eigenvalue weighted by Gasteiger charge is -2.21. The van der Waals surface area contributed by atoms with E-state index in [-0.39, 0.29) is 18.9 Å². The van der Waals surface area contributed by atoms with E-state index in [9.17, 15) is 18.0 Å². The molecule has 0 unspecified atom stereocenters. The maximum absolute atomic E-state index is 12.8. The van der Waals surface area contributed by atoms with Crippen LogP contribution in [0.25, 0.3) is 0 Å². The van der Waals surface area contributed by atoms with Gasteiger partial charge in [0.15, 0.2) is 6.10 Å². The minimum Gasteiger partial charge on any atom is -0.478 e. The van der Waals surface area contributed by atoms with Crippen molar-refractivity contribution in [1.82, 2.24) is 0 Å². The van der Waals surface area contributed by atoms with Crippen LogP contribution < -0.4 is 19.7 Å². The van der Waals surface area contributed by atoms with Crippen molar-refractivity contribution < 1.29 is 22.7 Å². The first-order valence-electron chi connectivity index (χ1n) is 9.07. The number of fused-ring (bicyclic) bond motifs is 1. The van der Waals surface area contributed by atoms with E-state index < -0.39 is 22.0 Å². The highest BCUT2D eigenvalue weighted by Crippen LogP contribution is 2.35. The molecule has 0 fully saturated rings. The standard InChI is InChI=1S/C20H23N3O5S/c1-13-7-8-18-17(11-13)23(29(3,26)27)10-9-19(28-18)20(25)22-16-6-4-5-15(12-16)21-14(2)24/h4-8,11-12,19H,9-10H2,1-3H3,(H,21,24)(H,22,25)/t19-/m1/s1. The maximum atomic E-state index is 12.8. The first-order chi connectivity index (χ1) is 13.6. The van der Waals surface area contributed by atoms with Gasteiger partial charge < -0.3 is 15.4 Å². The van der Waals surface area contributed by atoms with Gasteiger partial charge in [0, 0.05) is 31.3 Å². The van der Waals surface area contributed by atoms with Gasteiger partial charge in [-0.1, -0.05) is 12.1 Å². The molecule has 0 saturated carbocycles. The number of sulfonamides is 1. The summed E-state index contributed by atoms with van der Waals surface area (Å²) in [6.07, 6.45) is 0.457. The molecule has 0 spiro atoms. The lowest BCUT2D eigenvalue weighted by molar-refractivity contribution is -0.122. The van der Waals surface area contributed by atoms with E-state index >= 15 is 0 Å². The van der Waals surface area contributed by atoms with Gasteiger partial charge in [0.25, 0.3) is 5.91 Å². The molecule has 2 N–H and O–H groups in total. The zero-order valence-corrected chi connectivity index (χ0v) is 17.2. The number of aryl methyl sites for hydroxylation is 1. The Bertz CT molecular complexity index is 1050. The number of hydrogen-bond acceptors (Lipinski definition) is 5. The van der Waals surface area contributed by atoms with Crippen LogP contribution in [0.3, 0.4) is 0 Å². The number of anilines is 3. The van der Waals surface area contributed by atoms with Crippen LogP contribution in [0.2, 0.25) is 0 Å². The van der Waals surface area contributed by atoms with Crippen LogP contribution in [-0.4, -0.2) is 39.1 Å². The summed E-state index contributed by atoms with van der Waals surface area (Å²) in [6, 6.07) is 12.0. The van der Waals surface area contributed by atoms with Gasteiger partial charge in [-0.05, 0) is 42.8 Å². The van der Waals surface area contributed by atoms with Gasteiger partial charge in [-0.3, -0.25) is 13.9 Å². The number of nitrogens with one attached hydrogen (secondary N) is 2. The molecule has 3 rings (SSSR count). The van der Waals surface area contributed by atoms with Crippen molar-refractivity contribution in [3.05, 3.63) is 48.0 Å². The van der Waals surface area contributed by atoms with E-state index in [1.807, 2.05) is 6.92 Å². The quantitative estimate of drug-likeness (QED) is 0.795. The smallest absolute Gasteiger partial charge is 0.265 e. The van der Waals surface area contributed by atoms with Gasteiger partial charge in [0.05, 0.1) is 11.9 Å². The molecule has 1 aliphatic heterocycles. The van der Waals surface area contributed by atoms with Crippen molar-refractivity contribution in [1.29, 1.82) is 0 Å². The number of amides is 2. The van der Waals surface area contributed by atoms with Crippen LogP contribution in [0.4, 0.5) is 17.1 Å². The van der Waals surface area contributed by atoms with Crippen LogP contribution in [0.5, 0.6) is 5.75 Å². The summed E-state index contributed by atoms with van der Waals surface area (Å²) in [4.78, 5) is 24.0. The SMILES string of the molecule is CC(=O)Nc1cccc(NC(=O)[C@H]2CCN(S(C)(=O)=O)c3cc(C)ccc3O2)c1. The molecule has 29 heavy (non-hydrogen) atoms. The van der Waals surface area contributed by atoms with Crippen molar-refractivity contribution in [3.8, 4) is 5.75 Å². The largest absolute Gasteiger partial charge is 0.478 e. The van der Waals surface area contributed by atoms with Gasteiger partial charge >= 0.3 is 0 Å². The van der Waals surface area contributed by atoms with E-state index in [0.29, 0.717) is 22.8 Å². The topological polar surface area (TPSA) is 105 Å². The minimum atomic E-state index is -3.52. The fraction of sp³-hybridized carbons (Fsp3) is 0.300. The molecule has 0 radical (unpaired) electrons. The molecule has 154 valence electrons. The van der Waals surface area contributed by atoms with E-state index in [2.05, 4.69) is 10.6 Å². The molecule has 1 aliphatic rings. The Balaban J connectivity index is 1.82. The van der Waals surface area contributed by atoms with Crippen molar-refractivity contribution >= 4 is 38.9 Å². The van der Waals surface area contributed by atoms with Crippen LogP contribution >= 0.6 is 0 Å². The van der Waals surface area contributed by atoms with Crippen LogP contribution in [0.15, 0.2) is 42.5 Å². The maximum Gasteiger partial charge on any atom is 0.265 e. The fourth-order valence-corrected chi connectivity index (χ4v) is 4.06. The average Bonchev–Trinajstić information content (AvgIpc) is 2.80. The highest BCUT2D eigenvalue weighted by molar-refractivity contribution is 7.92. The zero-order chi connectivity index (χ0) is 21.2. The molecule has 8 nitrogen and oxygen atoms in total. The molecule has 0 saturated heterocycles. The number of carbonyl (C=O) groups excluding carboxylic acids is 2. The molecule has 2 aromatic rings. The Morgan fingerprint density at radius 3 is 2.45 bits per heavy atom. The van der Waals surface area contributed by atoms with Gasteiger partial charge in [-0.25, -0.2) is 8.42 Å². The summed E-state index contributed by atoms with van der Waals surface area (Å²) in [5.41, 5.74) is 2.37. The second kappa shape index (κ2) is 8.12. The van der Waals surface area contributed by atoms with Crippen molar-refractivity contribution in [2.45, 2.75) is 26.4 Å². The first-order valence-corrected chi connectivity index (χ1v) is 10.9. The molecule has 0 aliphatic carbocycles. The van der Waals surface area contributed by atoms with Crippen LogP contribution in [0, 0.1) is 6.92 Å². The Kier molecular flexibility index (Phi) is 5.78. The van der Waals surface area contributed by atoms with Gasteiger partial charge in [0.2, 0.25) is 15.9 Å². The third-order valence-electron chi connectivity index (χ3n) is 4.39. The fourth-order valence-electron chi connectivity index (χ4n) is 3.12. The summed E-state index contributed by atoms with van der Waals surface area (Å²) >= 11 is 0. The second-order valence-electron chi connectivity index (χ2n) is 6.95. The van der Waals surface area contributed by atoms with Gasteiger partial charge in [0.1, 0.15) is 5.75 Å². The van der Waals surface area contributed by atoms with E-state index in [1.165, 1.54) is 11.2 Å². The van der Waals surface area contributed by atoms with Gasteiger partial charge in [-0.2, -0.15) is 0 Å². The third-order valence-corrected chi connectivity index (χ3v) is 5.57. The second-order valence-corrected chi connectivity index (χ2v) is 8.86. The highest BCUT2D eigenvalue weighted by Gasteiger charge is 2.31. The molecular weight excluding hydrogens is 394 g/mol. The predicted octanol–water partition coefficient (Wildman–Crippen LogP) is 2.51. The monoisotopic (exact) mass is 417 g/mol. The average molecular weight is 417 g/mol. The number of ether oxygens (including phenoxy) is 1. The Hall–Kier alpha value is -3.07. The van der Waals surface area contributed by atoms with Gasteiger partial charge in [-0.15, -0.1) is 0 Å². The molecule has 1 heterocycles. The molecule has 2 aromatic carbocycles. The Morgan fingerprint density at radius 2 is 1.79 bits per heavy atom. The normalized spacial score (nSPS) is 16.2. The summed E-state index contributed by atoms with van der Waals surface area (Å²) in [6.45, 7) is 3.38. The molecule has 9 heteroatoms. The highest BCUT2D eigenvalue weighted by atomic mass is 32.2. The van der Waals surface area contributed by atoms with Crippen LogP contribution in [-0.2, 0) is 19.6 Å². The third kappa shape index (κ3) is 5.05. The molecule has 0 bridgehead atoms. The van der Waals surface area contributed by atoms with E-state index in [1.54, 1.807) is 42.5 Å². The number of benzene rings is 2. The number of carbonyl (C=O) groups is 2. The minimum absolute atomic E-state index is 0.124.